The van der Waals surface area contributed by atoms with Crippen LogP contribution in [-0.4, -0.2) is 28.1 Å². The van der Waals surface area contributed by atoms with Crippen molar-refractivity contribution in [1.82, 2.24) is 0 Å². The molecule has 1 atom stereocenters. The van der Waals surface area contributed by atoms with Gasteiger partial charge in [-0.1, -0.05) is 41.4 Å². The lowest BCUT2D eigenvalue weighted by Crippen LogP contribution is -2.22. The molecule has 0 aliphatic carbocycles. The van der Waals surface area contributed by atoms with E-state index in [1.165, 1.54) is 23.9 Å². The van der Waals surface area contributed by atoms with Crippen LogP contribution in [0.3, 0.4) is 0 Å². The summed E-state index contributed by atoms with van der Waals surface area (Å²) in [6.07, 6.45) is 0. The maximum Gasteiger partial charge on any atom is 0.336 e. The van der Waals surface area contributed by atoms with E-state index in [9.17, 15) is 19.5 Å². The number of carboxylic acid groups (broad SMARTS) is 1. The fourth-order valence-corrected chi connectivity index (χ4v) is 4.18. The van der Waals surface area contributed by atoms with Crippen molar-refractivity contribution in [3.63, 3.8) is 0 Å². The van der Waals surface area contributed by atoms with Crippen molar-refractivity contribution < 1.29 is 19.5 Å². The predicted octanol–water partition coefficient (Wildman–Crippen LogP) is 6.06. The highest BCUT2D eigenvalue weighted by atomic mass is 35.5. The van der Waals surface area contributed by atoms with Crippen LogP contribution in [0.4, 0.5) is 11.4 Å². The van der Waals surface area contributed by atoms with Gasteiger partial charge in [-0.05, 0) is 55.5 Å². The molecule has 2 amide bonds. The second-order valence-electron chi connectivity index (χ2n) is 6.71. The fourth-order valence-electron chi connectivity index (χ4n) is 2.80. The van der Waals surface area contributed by atoms with E-state index in [2.05, 4.69) is 10.6 Å². The zero-order valence-corrected chi connectivity index (χ0v) is 19.1. The molecule has 0 aliphatic rings. The lowest BCUT2D eigenvalue weighted by molar-refractivity contribution is -0.115. The first-order chi connectivity index (χ1) is 15.2. The quantitative estimate of drug-likeness (QED) is 0.351. The molecule has 3 aromatic carbocycles. The van der Waals surface area contributed by atoms with Crippen molar-refractivity contribution in [3.05, 3.63) is 87.9 Å². The summed E-state index contributed by atoms with van der Waals surface area (Å²) in [5.74, 6) is -1.96. The number of carbonyl (C=O) groups excluding carboxylic acids is 2. The Morgan fingerprint density at radius 2 is 1.62 bits per heavy atom. The predicted molar refractivity (Wildman–Crippen MR) is 128 cm³/mol. The molecule has 0 saturated heterocycles. The average Bonchev–Trinajstić information content (AvgIpc) is 2.75. The first-order valence-corrected chi connectivity index (χ1v) is 11.0. The molecule has 6 nitrogen and oxygen atoms in total. The minimum atomic E-state index is -1.18. The van der Waals surface area contributed by atoms with Gasteiger partial charge in [-0.25, -0.2) is 4.79 Å². The van der Waals surface area contributed by atoms with Crippen LogP contribution in [0.15, 0.2) is 71.6 Å². The summed E-state index contributed by atoms with van der Waals surface area (Å²) >= 11 is 13.3. The monoisotopic (exact) mass is 488 g/mol. The van der Waals surface area contributed by atoms with Crippen LogP contribution < -0.4 is 10.6 Å². The van der Waals surface area contributed by atoms with Gasteiger partial charge >= 0.3 is 5.97 Å². The van der Waals surface area contributed by atoms with E-state index >= 15 is 0 Å². The number of thioether (sulfide) groups is 1. The number of rotatable bonds is 7. The highest BCUT2D eigenvalue weighted by Gasteiger charge is 2.18. The van der Waals surface area contributed by atoms with E-state index in [4.69, 9.17) is 23.2 Å². The molecule has 0 saturated carbocycles. The number of carbonyl (C=O) groups is 3. The average molecular weight is 489 g/mol. The second kappa shape index (κ2) is 10.5. The summed E-state index contributed by atoms with van der Waals surface area (Å²) in [5, 5.41) is 15.1. The van der Waals surface area contributed by atoms with Gasteiger partial charge in [0.2, 0.25) is 5.91 Å². The van der Waals surface area contributed by atoms with Gasteiger partial charge in [0.1, 0.15) is 0 Å². The second-order valence-corrected chi connectivity index (χ2v) is 8.96. The summed E-state index contributed by atoms with van der Waals surface area (Å²) in [4.78, 5) is 37.2. The SMILES string of the molecule is CC(Sc1cccc(NC(=O)c2ccccc2C(=O)O)c1)C(=O)Nc1ccc(Cl)cc1Cl. The van der Waals surface area contributed by atoms with Crippen LogP contribution in [-0.2, 0) is 4.79 Å². The molecule has 0 bridgehead atoms. The zero-order chi connectivity index (χ0) is 23.3. The van der Waals surface area contributed by atoms with Gasteiger partial charge in [0.25, 0.3) is 5.91 Å². The highest BCUT2D eigenvalue weighted by Crippen LogP contribution is 2.29. The van der Waals surface area contributed by atoms with Gasteiger partial charge in [-0.3, -0.25) is 9.59 Å². The maximum atomic E-state index is 12.6. The molecule has 3 aromatic rings. The lowest BCUT2D eigenvalue weighted by Gasteiger charge is -2.14. The van der Waals surface area contributed by atoms with Crippen molar-refractivity contribution >= 4 is 64.1 Å². The van der Waals surface area contributed by atoms with E-state index in [1.807, 2.05) is 6.07 Å². The molecule has 0 fully saturated rings. The Kier molecular flexibility index (Phi) is 7.80. The number of carboxylic acids is 1. The number of nitrogens with one attached hydrogen (secondary N) is 2. The molecular formula is C23H18Cl2N2O4S. The van der Waals surface area contributed by atoms with Gasteiger partial charge in [-0.15, -0.1) is 11.8 Å². The van der Waals surface area contributed by atoms with Gasteiger partial charge < -0.3 is 15.7 Å². The van der Waals surface area contributed by atoms with Crippen LogP contribution in [0.25, 0.3) is 0 Å². The third-order valence-corrected chi connectivity index (χ3v) is 6.01. The first kappa shape index (κ1) is 23.7. The molecule has 1 unspecified atom stereocenters. The summed E-state index contributed by atoms with van der Waals surface area (Å²) in [6, 6.07) is 17.7. The summed E-state index contributed by atoms with van der Waals surface area (Å²) in [7, 11) is 0. The number of anilines is 2. The number of hydrogen-bond donors (Lipinski definition) is 3. The zero-order valence-electron chi connectivity index (χ0n) is 16.8. The van der Waals surface area contributed by atoms with Crippen molar-refractivity contribution in [3.8, 4) is 0 Å². The van der Waals surface area contributed by atoms with Crippen LogP contribution >= 0.6 is 35.0 Å². The molecule has 32 heavy (non-hydrogen) atoms. The molecule has 0 aliphatic heterocycles. The summed E-state index contributed by atoms with van der Waals surface area (Å²) < 4.78 is 0. The highest BCUT2D eigenvalue weighted by molar-refractivity contribution is 8.00. The van der Waals surface area contributed by atoms with E-state index in [0.717, 1.165) is 4.90 Å². The topological polar surface area (TPSA) is 95.5 Å². The van der Waals surface area contributed by atoms with Crippen molar-refractivity contribution in [2.45, 2.75) is 17.1 Å². The van der Waals surface area contributed by atoms with Crippen LogP contribution in [0, 0.1) is 0 Å². The first-order valence-electron chi connectivity index (χ1n) is 9.41. The van der Waals surface area contributed by atoms with Crippen LogP contribution in [0.1, 0.15) is 27.6 Å². The Balaban J connectivity index is 1.67. The molecule has 0 spiro atoms. The van der Waals surface area contributed by atoms with Crippen LogP contribution in [0.2, 0.25) is 10.0 Å². The Morgan fingerprint density at radius 3 is 2.31 bits per heavy atom. The molecule has 0 radical (unpaired) electrons. The van der Waals surface area contributed by atoms with E-state index in [-0.39, 0.29) is 17.0 Å². The molecule has 0 aromatic heterocycles. The number of benzene rings is 3. The molecule has 164 valence electrons. The van der Waals surface area contributed by atoms with Crippen molar-refractivity contribution in [1.29, 1.82) is 0 Å². The Labute approximate surface area is 198 Å². The van der Waals surface area contributed by atoms with Crippen molar-refractivity contribution in [2.75, 3.05) is 10.6 Å². The van der Waals surface area contributed by atoms with Crippen LogP contribution in [0.5, 0.6) is 0 Å². The molecule has 3 N–H and O–H groups in total. The minimum Gasteiger partial charge on any atom is -0.478 e. The Bertz CT molecular complexity index is 1190. The minimum absolute atomic E-state index is 0.0608. The molecule has 9 heteroatoms. The summed E-state index contributed by atoms with van der Waals surface area (Å²) in [6.45, 7) is 1.75. The lowest BCUT2D eigenvalue weighted by atomic mass is 10.1. The third-order valence-electron chi connectivity index (χ3n) is 4.37. The van der Waals surface area contributed by atoms with E-state index < -0.39 is 17.1 Å². The smallest absolute Gasteiger partial charge is 0.336 e. The molecular weight excluding hydrogens is 471 g/mol. The van der Waals surface area contributed by atoms with Gasteiger partial charge in [-0.2, -0.15) is 0 Å². The van der Waals surface area contributed by atoms with E-state index in [0.29, 0.717) is 21.4 Å². The van der Waals surface area contributed by atoms with Gasteiger partial charge in [0.05, 0.1) is 27.1 Å². The Morgan fingerprint density at radius 1 is 0.906 bits per heavy atom. The third kappa shape index (κ3) is 6.03. The number of amides is 2. The molecule has 3 rings (SSSR count). The Hall–Kier alpha value is -3.00. The number of aromatic carboxylic acids is 1. The number of hydrogen-bond acceptors (Lipinski definition) is 4. The van der Waals surface area contributed by atoms with Crippen molar-refractivity contribution in [2.24, 2.45) is 0 Å². The maximum absolute atomic E-state index is 12.6. The standard InChI is InChI=1S/C23H18Cl2N2O4S/c1-13(21(28)27-20-10-9-14(24)11-19(20)25)32-16-6-4-5-15(12-16)26-22(29)17-7-2-3-8-18(17)23(30)31/h2-13H,1H3,(H,26,29)(H,27,28)(H,30,31). The normalized spacial score (nSPS) is 11.5. The fraction of sp³-hybridized carbons (Fsp3) is 0.0870. The van der Waals surface area contributed by atoms with Gasteiger partial charge in [0, 0.05) is 15.6 Å². The number of halogens is 2. The largest absolute Gasteiger partial charge is 0.478 e. The van der Waals surface area contributed by atoms with E-state index in [1.54, 1.807) is 55.5 Å². The molecule has 0 heterocycles. The summed E-state index contributed by atoms with van der Waals surface area (Å²) in [5.41, 5.74) is 0.924. The van der Waals surface area contributed by atoms with Gasteiger partial charge in [0.15, 0.2) is 0 Å².